The highest BCUT2D eigenvalue weighted by atomic mass is 79.9. The van der Waals surface area contributed by atoms with Crippen LogP contribution in [0.1, 0.15) is 17.2 Å². The molecular weight excluding hydrogens is 306 g/mol. The van der Waals surface area contributed by atoms with Crippen molar-refractivity contribution in [3.8, 4) is 6.07 Å². The van der Waals surface area contributed by atoms with Gasteiger partial charge in [0, 0.05) is 34.7 Å². The lowest BCUT2D eigenvalue weighted by molar-refractivity contribution is 0.0284. The fraction of sp³-hybridized carbons (Fsp3) is 0.286. The van der Waals surface area contributed by atoms with Gasteiger partial charge in [-0.15, -0.1) is 0 Å². The topological polar surface area (TPSA) is 57.9 Å². The number of hydrogen-bond donors (Lipinski definition) is 1. The number of halogens is 1. The van der Waals surface area contributed by atoms with Gasteiger partial charge in [0.2, 0.25) is 0 Å². The molecule has 1 aromatic carbocycles. The Morgan fingerprint density at radius 3 is 3.11 bits per heavy atom. The van der Waals surface area contributed by atoms with E-state index in [1.54, 1.807) is 6.20 Å². The molecular formula is C14H12BrN3O. The highest BCUT2D eigenvalue weighted by molar-refractivity contribution is 9.10. The molecule has 1 fully saturated rings. The molecule has 1 atom stereocenters. The average Bonchev–Trinajstić information content (AvgIpc) is 2.46. The molecule has 0 bridgehead atoms. The third kappa shape index (κ3) is 2.35. The molecule has 0 radical (unpaired) electrons. The lowest BCUT2D eigenvalue weighted by atomic mass is 9.98. The van der Waals surface area contributed by atoms with Gasteiger partial charge in [0.05, 0.1) is 23.8 Å². The standard InChI is InChI=1S/C14H12BrN3O/c15-10-1-2-12-11(5-10)14(9(6-16)7-18-12)13-8-17-3-4-19-13/h1-2,5,7,13,17H,3-4,8H2. The Balaban J connectivity index is 2.23. The van der Waals surface area contributed by atoms with Crippen LogP contribution in [-0.4, -0.2) is 24.7 Å². The fourth-order valence-electron chi connectivity index (χ4n) is 2.37. The molecule has 96 valence electrons. The van der Waals surface area contributed by atoms with Crippen LogP contribution in [0.15, 0.2) is 28.9 Å². The molecule has 0 amide bonds. The molecule has 0 spiro atoms. The number of pyridine rings is 1. The van der Waals surface area contributed by atoms with Crippen LogP contribution in [0.25, 0.3) is 10.9 Å². The number of fused-ring (bicyclic) bond motifs is 1. The summed E-state index contributed by atoms with van der Waals surface area (Å²) in [5.74, 6) is 0. The number of nitrogens with one attached hydrogen (secondary N) is 1. The van der Waals surface area contributed by atoms with Crippen LogP contribution in [0.3, 0.4) is 0 Å². The number of hydrogen-bond acceptors (Lipinski definition) is 4. The maximum Gasteiger partial charge on any atom is 0.101 e. The predicted molar refractivity (Wildman–Crippen MR) is 75.7 cm³/mol. The molecule has 1 aromatic heterocycles. The number of nitriles is 1. The van der Waals surface area contributed by atoms with Crippen LogP contribution in [0, 0.1) is 11.3 Å². The molecule has 4 nitrogen and oxygen atoms in total. The number of nitrogens with zero attached hydrogens (tertiary/aromatic N) is 2. The first-order chi connectivity index (χ1) is 9.29. The van der Waals surface area contributed by atoms with Crippen molar-refractivity contribution in [2.75, 3.05) is 19.7 Å². The van der Waals surface area contributed by atoms with E-state index in [2.05, 4.69) is 32.3 Å². The second-order valence-electron chi connectivity index (χ2n) is 4.42. The van der Waals surface area contributed by atoms with E-state index >= 15 is 0 Å². The van der Waals surface area contributed by atoms with Crippen LogP contribution in [0.4, 0.5) is 0 Å². The Hall–Kier alpha value is -1.48. The van der Waals surface area contributed by atoms with E-state index in [1.807, 2.05) is 18.2 Å². The van der Waals surface area contributed by atoms with Crippen molar-refractivity contribution in [1.29, 1.82) is 5.26 Å². The Bertz CT molecular complexity index is 660. The van der Waals surface area contributed by atoms with Gasteiger partial charge in [-0.05, 0) is 18.2 Å². The van der Waals surface area contributed by atoms with Crippen LogP contribution in [0.5, 0.6) is 0 Å². The Kier molecular flexibility index (Phi) is 3.47. The summed E-state index contributed by atoms with van der Waals surface area (Å²) in [6.45, 7) is 2.23. The quantitative estimate of drug-likeness (QED) is 0.878. The van der Waals surface area contributed by atoms with Gasteiger partial charge in [-0.2, -0.15) is 5.26 Å². The fourth-order valence-corrected chi connectivity index (χ4v) is 2.73. The van der Waals surface area contributed by atoms with Crippen LogP contribution in [-0.2, 0) is 4.74 Å². The van der Waals surface area contributed by atoms with Gasteiger partial charge >= 0.3 is 0 Å². The minimum atomic E-state index is -0.0943. The first kappa shape index (κ1) is 12.5. The number of morpholine rings is 1. The van der Waals surface area contributed by atoms with E-state index in [-0.39, 0.29) is 6.10 Å². The normalized spacial score (nSPS) is 19.3. The number of ether oxygens (including phenoxy) is 1. The molecule has 0 aliphatic carbocycles. The number of aromatic nitrogens is 1. The minimum Gasteiger partial charge on any atom is -0.371 e. The lowest BCUT2D eigenvalue weighted by Gasteiger charge is -2.25. The van der Waals surface area contributed by atoms with Crippen LogP contribution < -0.4 is 5.32 Å². The summed E-state index contributed by atoms with van der Waals surface area (Å²) < 4.78 is 6.77. The predicted octanol–water partition coefficient (Wildman–Crippen LogP) is 2.53. The van der Waals surface area contributed by atoms with Gasteiger partial charge < -0.3 is 10.1 Å². The second-order valence-corrected chi connectivity index (χ2v) is 5.34. The van der Waals surface area contributed by atoms with Crippen molar-refractivity contribution < 1.29 is 4.74 Å². The molecule has 5 heteroatoms. The Labute approximate surface area is 119 Å². The maximum atomic E-state index is 9.30. The molecule has 0 saturated carbocycles. The largest absolute Gasteiger partial charge is 0.371 e. The summed E-state index contributed by atoms with van der Waals surface area (Å²) in [7, 11) is 0. The summed E-state index contributed by atoms with van der Waals surface area (Å²) >= 11 is 3.47. The van der Waals surface area contributed by atoms with E-state index in [1.165, 1.54) is 0 Å². The average molecular weight is 318 g/mol. The zero-order chi connectivity index (χ0) is 13.2. The molecule has 1 unspecified atom stereocenters. The van der Waals surface area contributed by atoms with E-state index in [9.17, 15) is 5.26 Å². The third-order valence-electron chi connectivity index (χ3n) is 3.24. The van der Waals surface area contributed by atoms with Crippen LogP contribution in [0.2, 0.25) is 0 Å². The lowest BCUT2D eigenvalue weighted by Crippen LogP contribution is -2.33. The maximum absolute atomic E-state index is 9.30. The van der Waals surface area contributed by atoms with E-state index in [4.69, 9.17) is 4.74 Å². The third-order valence-corrected chi connectivity index (χ3v) is 3.73. The van der Waals surface area contributed by atoms with E-state index in [0.717, 1.165) is 34.0 Å². The van der Waals surface area contributed by atoms with Crippen molar-refractivity contribution in [3.05, 3.63) is 40.0 Å². The highest BCUT2D eigenvalue weighted by Gasteiger charge is 2.22. The molecule has 1 N–H and O–H groups in total. The SMILES string of the molecule is N#Cc1cnc2ccc(Br)cc2c1C1CNCCO1. The van der Waals surface area contributed by atoms with E-state index < -0.39 is 0 Å². The van der Waals surface area contributed by atoms with Crippen LogP contribution >= 0.6 is 15.9 Å². The summed E-state index contributed by atoms with van der Waals surface area (Å²) in [4.78, 5) is 4.33. The van der Waals surface area contributed by atoms with E-state index in [0.29, 0.717) is 12.2 Å². The van der Waals surface area contributed by atoms with Gasteiger partial charge in [-0.3, -0.25) is 4.98 Å². The monoisotopic (exact) mass is 317 g/mol. The smallest absolute Gasteiger partial charge is 0.101 e. The van der Waals surface area contributed by atoms with Crippen molar-refractivity contribution >= 4 is 26.8 Å². The van der Waals surface area contributed by atoms with Crippen molar-refractivity contribution in [2.24, 2.45) is 0 Å². The summed E-state index contributed by atoms with van der Waals surface area (Å²) in [5.41, 5.74) is 2.40. The molecule has 19 heavy (non-hydrogen) atoms. The van der Waals surface area contributed by atoms with Gasteiger partial charge in [0.15, 0.2) is 0 Å². The zero-order valence-electron chi connectivity index (χ0n) is 10.2. The van der Waals surface area contributed by atoms with Gasteiger partial charge in [0.1, 0.15) is 6.07 Å². The van der Waals surface area contributed by atoms with Crippen molar-refractivity contribution in [1.82, 2.24) is 10.3 Å². The molecule has 2 heterocycles. The Morgan fingerprint density at radius 1 is 1.47 bits per heavy atom. The van der Waals surface area contributed by atoms with Crippen molar-refractivity contribution in [3.63, 3.8) is 0 Å². The molecule has 1 saturated heterocycles. The second kappa shape index (κ2) is 5.25. The minimum absolute atomic E-state index is 0.0943. The first-order valence-corrected chi connectivity index (χ1v) is 6.89. The summed E-state index contributed by atoms with van der Waals surface area (Å²) in [6, 6.07) is 8.11. The zero-order valence-corrected chi connectivity index (χ0v) is 11.8. The Morgan fingerprint density at radius 2 is 2.37 bits per heavy atom. The summed E-state index contributed by atoms with van der Waals surface area (Å²) in [5, 5.41) is 13.6. The molecule has 1 aliphatic rings. The van der Waals surface area contributed by atoms with Crippen molar-refractivity contribution in [2.45, 2.75) is 6.10 Å². The molecule has 3 rings (SSSR count). The molecule has 1 aliphatic heterocycles. The summed E-state index contributed by atoms with van der Waals surface area (Å²) in [6.07, 6.45) is 1.53. The number of rotatable bonds is 1. The van der Waals surface area contributed by atoms with Gasteiger partial charge in [-0.1, -0.05) is 15.9 Å². The first-order valence-electron chi connectivity index (χ1n) is 6.10. The van der Waals surface area contributed by atoms with Gasteiger partial charge in [0.25, 0.3) is 0 Å². The number of benzene rings is 1. The molecule has 2 aromatic rings. The highest BCUT2D eigenvalue weighted by Crippen LogP contribution is 2.31. The van der Waals surface area contributed by atoms with Gasteiger partial charge in [-0.25, -0.2) is 0 Å².